The molecule has 6 bridgehead atoms. The monoisotopic (exact) mass is 1250 g/mol. The highest BCUT2D eigenvalue weighted by atomic mass is 32.1. The van der Waals surface area contributed by atoms with Gasteiger partial charge >= 0.3 is 23.9 Å². The Bertz CT molecular complexity index is 3180. The number of rotatable bonds is 18. The molecule has 6 N–H and O–H groups in total. The van der Waals surface area contributed by atoms with Gasteiger partial charge in [0.15, 0.2) is 10.8 Å². The highest BCUT2D eigenvalue weighted by molar-refractivity contribution is 7.80. The molecule has 11 rings (SSSR count). The van der Waals surface area contributed by atoms with E-state index in [4.69, 9.17) is 26.8 Å². The second-order valence-electron chi connectivity index (χ2n) is 25.5. The first kappa shape index (κ1) is 64.8. The molecule has 3 atom stereocenters. The zero-order valence-corrected chi connectivity index (χ0v) is 52.5. The molecule has 3 saturated heterocycles. The third-order valence-corrected chi connectivity index (χ3v) is 19.8. The molecule has 89 heavy (non-hydrogen) atoms. The van der Waals surface area contributed by atoms with Crippen LogP contribution in [0, 0.1) is 23.7 Å². The van der Waals surface area contributed by atoms with Crippen LogP contribution in [0.4, 0.5) is 5.69 Å². The standard InChI is InChI=1S/C65H87N11O12S/c1-42(2)51-36-46(12-15-53(51)76-54(60-55(87-3)8-5-9-56(60)88-4)37-52(68-76)61(83)67-65(63(85)86)47-31-44-30-45(33-47)34-48(65)32-44)62(84)73-18-6-16-70-21-20-69(24-27-73)17-7-19-74(28-25-70)64(89)66-49-13-10-43(11-14-49)35-50-38-72(40-58(79)80)23-22-71(39-57(77)78)26-29-75(50)41-59(81)82/h5,8-15,36-37,42,44-45,47-48,50H,6-7,16-35,38-41H2,1-4H3,(H,66,89)(H,67,83)(H,77,78)(H,79,80)(H,81,82)(H,85,86). The molecule has 7 fully saturated rings. The summed E-state index contributed by atoms with van der Waals surface area (Å²) in [5.41, 5.74) is 3.53. The molecule has 4 heterocycles. The van der Waals surface area contributed by atoms with Crippen molar-refractivity contribution in [3.63, 3.8) is 0 Å². The first-order valence-corrected chi connectivity index (χ1v) is 31.9. The fraction of sp³-hybridized carbons (Fsp3) is 0.569. The van der Waals surface area contributed by atoms with Crippen LogP contribution in [-0.4, -0.2) is 249 Å². The first-order chi connectivity index (χ1) is 42.8. The summed E-state index contributed by atoms with van der Waals surface area (Å²) in [5, 5.41) is 52.2. The van der Waals surface area contributed by atoms with Gasteiger partial charge in [-0.25, -0.2) is 9.48 Å². The molecule has 4 aromatic rings. The molecule has 4 aliphatic carbocycles. The summed E-state index contributed by atoms with van der Waals surface area (Å²) in [6.07, 6.45) is 6.35. The summed E-state index contributed by atoms with van der Waals surface area (Å²) < 4.78 is 13.5. The topological polar surface area (TPSA) is 266 Å². The van der Waals surface area contributed by atoms with Gasteiger partial charge in [0, 0.05) is 102 Å². The molecule has 23 nitrogen and oxygen atoms in total. The van der Waals surface area contributed by atoms with Crippen LogP contribution < -0.4 is 20.1 Å². The maximum absolute atomic E-state index is 14.9. The van der Waals surface area contributed by atoms with Crippen molar-refractivity contribution in [1.82, 2.24) is 49.4 Å². The van der Waals surface area contributed by atoms with E-state index in [9.17, 15) is 49.2 Å². The lowest BCUT2D eigenvalue weighted by molar-refractivity contribution is -0.163. The van der Waals surface area contributed by atoms with Crippen LogP contribution in [0.15, 0.2) is 66.7 Å². The lowest BCUT2D eigenvalue weighted by Crippen LogP contribution is -2.70. The number of carboxylic acids is 4. The summed E-state index contributed by atoms with van der Waals surface area (Å²) >= 11 is 6.08. The number of benzene rings is 3. The minimum absolute atomic E-state index is 0.0629. The van der Waals surface area contributed by atoms with E-state index in [2.05, 4.69) is 39.2 Å². The number of nitrogens with zero attached hydrogens (tertiary/aromatic N) is 9. The van der Waals surface area contributed by atoms with Crippen LogP contribution in [0.3, 0.4) is 0 Å². The van der Waals surface area contributed by atoms with Gasteiger partial charge in [-0.15, -0.1) is 0 Å². The van der Waals surface area contributed by atoms with E-state index in [1.807, 2.05) is 70.5 Å². The molecule has 3 aromatic carbocycles. The third-order valence-electron chi connectivity index (χ3n) is 19.5. The third kappa shape index (κ3) is 15.2. The maximum atomic E-state index is 14.9. The predicted octanol–water partition coefficient (Wildman–Crippen LogP) is 5.33. The Kier molecular flexibility index (Phi) is 20.9. The van der Waals surface area contributed by atoms with Crippen LogP contribution in [0.1, 0.15) is 96.7 Å². The van der Waals surface area contributed by atoms with Crippen molar-refractivity contribution in [2.45, 2.75) is 82.7 Å². The Balaban J connectivity index is 0.808. The number of carbonyl (C=O) groups excluding carboxylic acids is 2. The second kappa shape index (κ2) is 28.7. The molecule has 1 aromatic heterocycles. The van der Waals surface area contributed by atoms with Gasteiger partial charge in [-0.3, -0.25) is 38.7 Å². The summed E-state index contributed by atoms with van der Waals surface area (Å²) in [5.74, 6) is -3.06. The maximum Gasteiger partial charge on any atom is 0.330 e. The Labute approximate surface area is 525 Å². The lowest BCUT2D eigenvalue weighted by atomic mass is 9.48. The van der Waals surface area contributed by atoms with E-state index in [1.54, 1.807) is 34.8 Å². The van der Waals surface area contributed by atoms with E-state index in [0.717, 1.165) is 101 Å². The number of methoxy groups -OCH3 is 2. The minimum atomic E-state index is -1.38. The SMILES string of the molecule is COc1cccc(OC)c1-c1cc(C(=O)NC2(C(=O)O)C3CC4CC(C3)CC2C4)nn1-c1ccc(C(=O)N2CCCN3CCN(CCCN(C(=S)Nc4ccc(CC5CN(CC(=O)O)CCN(CC(=O)O)CCN5CC(=O)O)cc4)CC3)CC2)cc1C(C)C. The number of aliphatic carboxylic acids is 4. The quantitative estimate of drug-likeness (QED) is 0.0688. The van der Waals surface area contributed by atoms with Gasteiger partial charge in [0.05, 0.1) is 50.8 Å². The smallest absolute Gasteiger partial charge is 0.330 e. The van der Waals surface area contributed by atoms with Gasteiger partial charge in [0.2, 0.25) is 0 Å². The van der Waals surface area contributed by atoms with Crippen LogP contribution >= 0.6 is 12.2 Å². The van der Waals surface area contributed by atoms with E-state index in [-0.39, 0.29) is 55.0 Å². The van der Waals surface area contributed by atoms with Gasteiger partial charge in [0.1, 0.15) is 17.0 Å². The Hall–Kier alpha value is -7.22. The van der Waals surface area contributed by atoms with Gasteiger partial charge in [0.25, 0.3) is 11.8 Å². The Morgan fingerprint density at radius 2 is 1.22 bits per heavy atom. The largest absolute Gasteiger partial charge is 0.496 e. The summed E-state index contributed by atoms with van der Waals surface area (Å²) in [6, 6.07) is 20.3. The van der Waals surface area contributed by atoms with Crippen molar-refractivity contribution in [1.29, 1.82) is 0 Å². The molecule has 3 unspecified atom stereocenters. The van der Waals surface area contributed by atoms with Crippen molar-refractivity contribution < 1.29 is 58.7 Å². The zero-order valence-electron chi connectivity index (χ0n) is 51.7. The molecule has 7 aliphatic rings. The van der Waals surface area contributed by atoms with E-state index < -0.39 is 35.3 Å². The van der Waals surface area contributed by atoms with Crippen LogP contribution in [-0.2, 0) is 25.6 Å². The molecule has 0 spiro atoms. The van der Waals surface area contributed by atoms with Crippen molar-refractivity contribution in [2.24, 2.45) is 23.7 Å². The van der Waals surface area contributed by atoms with E-state index >= 15 is 0 Å². The molecule has 4 saturated carbocycles. The van der Waals surface area contributed by atoms with Gasteiger partial charge in [-0.05, 0) is 166 Å². The van der Waals surface area contributed by atoms with Crippen LogP contribution in [0.25, 0.3) is 16.9 Å². The number of carboxylic acid groups (broad SMARTS) is 4. The van der Waals surface area contributed by atoms with Crippen molar-refractivity contribution in [3.05, 3.63) is 89.1 Å². The number of hydrogen-bond donors (Lipinski definition) is 6. The number of anilines is 1. The number of fused-ring (bicyclic) bond motifs is 3. The minimum Gasteiger partial charge on any atom is -0.496 e. The number of thiocarbonyl (C=S) groups is 1. The molecule has 3 aliphatic heterocycles. The second-order valence-corrected chi connectivity index (χ2v) is 25.9. The first-order valence-electron chi connectivity index (χ1n) is 31.5. The Morgan fingerprint density at radius 1 is 0.652 bits per heavy atom. The highest BCUT2D eigenvalue weighted by Crippen LogP contribution is 2.58. The molecular weight excluding hydrogens is 1160 g/mol. The number of carbonyl (C=O) groups is 6. The average molecular weight is 1250 g/mol. The summed E-state index contributed by atoms with van der Waals surface area (Å²) in [7, 11) is 3.14. The number of nitrogens with one attached hydrogen (secondary N) is 2. The highest BCUT2D eigenvalue weighted by Gasteiger charge is 2.62. The number of ether oxygens (including phenoxy) is 2. The molecular formula is C65H87N11O12S. The number of aromatic nitrogens is 2. The number of amides is 2. The van der Waals surface area contributed by atoms with Crippen LogP contribution in [0.2, 0.25) is 0 Å². The normalized spacial score (nSPS) is 25.5. The average Bonchev–Trinajstić information content (AvgIpc) is 1.16. The van der Waals surface area contributed by atoms with Crippen molar-refractivity contribution in [3.8, 4) is 28.4 Å². The Morgan fingerprint density at radius 3 is 1.82 bits per heavy atom. The molecule has 0 radical (unpaired) electrons. The molecule has 2 amide bonds. The van der Waals surface area contributed by atoms with Crippen LogP contribution in [0.5, 0.6) is 11.5 Å². The molecule has 24 heteroatoms. The molecule has 480 valence electrons. The van der Waals surface area contributed by atoms with Crippen molar-refractivity contribution in [2.75, 3.05) is 137 Å². The van der Waals surface area contributed by atoms with E-state index in [0.29, 0.717) is 116 Å². The van der Waals surface area contributed by atoms with Crippen molar-refractivity contribution >= 4 is 58.7 Å². The van der Waals surface area contributed by atoms with E-state index in [1.165, 1.54) is 0 Å². The van der Waals surface area contributed by atoms with Gasteiger partial charge in [-0.1, -0.05) is 32.0 Å². The predicted molar refractivity (Wildman–Crippen MR) is 338 cm³/mol. The number of hydrogen-bond acceptors (Lipinski definition) is 15. The fourth-order valence-electron chi connectivity index (χ4n) is 15.2. The fourth-order valence-corrected chi connectivity index (χ4v) is 15.5. The lowest BCUT2D eigenvalue weighted by Gasteiger charge is -2.59. The zero-order chi connectivity index (χ0) is 63.1. The van der Waals surface area contributed by atoms with Gasteiger partial charge < -0.3 is 60.1 Å². The summed E-state index contributed by atoms with van der Waals surface area (Å²) in [6.45, 7) is 12.3. The summed E-state index contributed by atoms with van der Waals surface area (Å²) in [4.78, 5) is 92.9. The van der Waals surface area contributed by atoms with Gasteiger partial charge in [-0.2, -0.15) is 5.10 Å².